The van der Waals surface area contributed by atoms with Gasteiger partial charge >= 0.3 is 0 Å². The number of aryl methyl sites for hydroxylation is 2. The molecule has 9 nitrogen and oxygen atoms in total. The average Bonchev–Trinajstić information content (AvgIpc) is 3.61. The maximum atomic E-state index is 13.7. The molecular weight excluding hydrogens is 587 g/mol. The maximum Gasteiger partial charge on any atom is 0.291 e. The number of pyridine rings is 1. The number of aromatic nitrogens is 3. The molecule has 0 fully saturated rings. The standard InChI is InChI=1S/C26H19Cl2F2N5O4S/c1-11-14(9-35(2)34-11)13-8-16(23(29)30)32-26-19(13)21(22(40-26)24(31)36)33-25(37)18-7-6-12(39-18)10-38-17-5-3-4-15(27)20(17)28/h3-9,23H,10H2,1-2H3,(H2,31,36)(H,33,37). The highest BCUT2D eigenvalue weighted by atomic mass is 35.5. The maximum absolute atomic E-state index is 13.7. The molecule has 0 radical (unpaired) electrons. The Morgan fingerprint density at radius 1 is 1.23 bits per heavy atom. The molecule has 1 aromatic carbocycles. The van der Waals surface area contributed by atoms with Crippen LogP contribution in [-0.4, -0.2) is 26.6 Å². The molecule has 0 aliphatic carbocycles. The number of fused-ring (bicyclic) bond motifs is 1. The van der Waals surface area contributed by atoms with Crippen LogP contribution in [0.3, 0.4) is 0 Å². The Balaban J connectivity index is 1.51. The number of thiophene rings is 1. The van der Waals surface area contributed by atoms with Crippen molar-refractivity contribution >= 4 is 62.3 Å². The summed E-state index contributed by atoms with van der Waals surface area (Å²) < 4.78 is 40.3. The molecule has 5 aromatic rings. The van der Waals surface area contributed by atoms with E-state index < -0.39 is 23.9 Å². The topological polar surface area (TPSA) is 125 Å². The van der Waals surface area contributed by atoms with Gasteiger partial charge in [0.05, 0.1) is 16.4 Å². The lowest BCUT2D eigenvalue weighted by Gasteiger charge is -2.10. The Bertz CT molecular complexity index is 1780. The number of alkyl halides is 2. The zero-order valence-electron chi connectivity index (χ0n) is 20.8. The molecule has 4 heterocycles. The van der Waals surface area contributed by atoms with Gasteiger partial charge in [-0.2, -0.15) is 5.10 Å². The summed E-state index contributed by atoms with van der Waals surface area (Å²) in [6.45, 7) is 1.66. The summed E-state index contributed by atoms with van der Waals surface area (Å²) >= 11 is 12.9. The van der Waals surface area contributed by atoms with Crippen LogP contribution >= 0.6 is 34.5 Å². The van der Waals surface area contributed by atoms with Crippen molar-refractivity contribution in [3.05, 3.63) is 80.4 Å². The highest BCUT2D eigenvalue weighted by Crippen LogP contribution is 2.43. The van der Waals surface area contributed by atoms with E-state index in [1.54, 1.807) is 38.4 Å². The van der Waals surface area contributed by atoms with E-state index >= 15 is 0 Å². The highest BCUT2D eigenvalue weighted by Gasteiger charge is 2.27. The molecule has 3 N–H and O–H groups in total. The van der Waals surface area contributed by atoms with Gasteiger partial charge in [-0.15, -0.1) is 11.3 Å². The number of nitrogens with one attached hydrogen (secondary N) is 1. The lowest BCUT2D eigenvalue weighted by Crippen LogP contribution is -2.16. The summed E-state index contributed by atoms with van der Waals surface area (Å²) in [7, 11) is 1.69. The summed E-state index contributed by atoms with van der Waals surface area (Å²) in [5, 5.41) is 7.79. The van der Waals surface area contributed by atoms with Gasteiger partial charge in [-0.25, -0.2) is 13.8 Å². The van der Waals surface area contributed by atoms with E-state index in [0.29, 0.717) is 33.4 Å². The van der Waals surface area contributed by atoms with Crippen LogP contribution in [0.1, 0.15) is 43.8 Å². The third-order valence-corrected chi connectivity index (χ3v) is 7.74. The number of carbonyl (C=O) groups excluding carboxylic acids is 2. The molecule has 0 atom stereocenters. The Hall–Kier alpha value is -4.00. The van der Waals surface area contributed by atoms with Crippen LogP contribution in [0.25, 0.3) is 21.3 Å². The van der Waals surface area contributed by atoms with Crippen LogP contribution in [0.15, 0.2) is 47.0 Å². The molecule has 206 valence electrons. The number of benzene rings is 1. The molecule has 0 aliphatic rings. The first-order valence-electron chi connectivity index (χ1n) is 11.6. The normalized spacial score (nSPS) is 11.4. The number of anilines is 1. The van der Waals surface area contributed by atoms with Crippen molar-refractivity contribution in [2.24, 2.45) is 12.8 Å². The molecule has 0 bridgehead atoms. The third kappa shape index (κ3) is 5.25. The molecule has 14 heteroatoms. The molecule has 0 unspecified atom stereocenters. The number of hydrogen-bond acceptors (Lipinski definition) is 7. The minimum Gasteiger partial charge on any atom is -0.484 e. The molecule has 0 spiro atoms. The SMILES string of the molecule is Cc1nn(C)cc1-c1cc(C(F)F)nc2sc(C(N)=O)c(NC(=O)c3ccc(COc4cccc(Cl)c4Cl)o3)c12. The Morgan fingerprint density at radius 3 is 2.67 bits per heavy atom. The second-order valence-corrected chi connectivity index (χ2v) is 10.4. The largest absolute Gasteiger partial charge is 0.484 e. The highest BCUT2D eigenvalue weighted by molar-refractivity contribution is 7.21. The van der Waals surface area contributed by atoms with Crippen LogP contribution in [-0.2, 0) is 13.7 Å². The predicted molar refractivity (Wildman–Crippen MR) is 147 cm³/mol. The number of amides is 2. The van der Waals surface area contributed by atoms with Crippen LogP contribution in [0.5, 0.6) is 5.75 Å². The fourth-order valence-corrected chi connectivity index (χ4v) is 5.46. The number of nitrogens with two attached hydrogens (primary N) is 1. The van der Waals surface area contributed by atoms with E-state index in [2.05, 4.69) is 15.4 Å². The molecule has 4 aromatic heterocycles. The summed E-state index contributed by atoms with van der Waals surface area (Å²) in [5.74, 6) is -1.02. The van der Waals surface area contributed by atoms with Crippen molar-refractivity contribution in [3.63, 3.8) is 0 Å². The van der Waals surface area contributed by atoms with Gasteiger partial charge in [0.1, 0.15) is 38.5 Å². The predicted octanol–water partition coefficient (Wildman–Crippen LogP) is 6.77. The van der Waals surface area contributed by atoms with E-state index in [9.17, 15) is 18.4 Å². The minimum atomic E-state index is -2.87. The number of ether oxygens (including phenoxy) is 1. The van der Waals surface area contributed by atoms with Gasteiger partial charge < -0.3 is 20.2 Å². The quantitative estimate of drug-likeness (QED) is 0.201. The van der Waals surface area contributed by atoms with Gasteiger partial charge in [0.15, 0.2) is 5.76 Å². The molecule has 2 amide bonds. The van der Waals surface area contributed by atoms with Crippen molar-refractivity contribution < 1.29 is 27.5 Å². The van der Waals surface area contributed by atoms with Crippen LogP contribution < -0.4 is 15.8 Å². The molecule has 0 saturated heterocycles. The van der Waals surface area contributed by atoms with Crippen molar-refractivity contribution in [3.8, 4) is 16.9 Å². The van der Waals surface area contributed by atoms with Gasteiger partial charge in [0.25, 0.3) is 18.2 Å². The van der Waals surface area contributed by atoms with Gasteiger partial charge in [0.2, 0.25) is 0 Å². The molecular formula is C26H19Cl2F2N5O4S. The zero-order chi connectivity index (χ0) is 28.7. The van der Waals surface area contributed by atoms with E-state index in [0.717, 1.165) is 11.3 Å². The number of carbonyl (C=O) groups is 2. The van der Waals surface area contributed by atoms with Crippen molar-refractivity contribution in [1.29, 1.82) is 0 Å². The molecule has 40 heavy (non-hydrogen) atoms. The first kappa shape index (κ1) is 27.6. The van der Waals surface area contributed by atoms with E-state index in [1.165, 1.54) is 22.9 Å². The average molecular weight is 606 g/mol. The van der Waals surface area contributed by atoms with Crippen LogP contribution in [0.2, 0.25) is 10.0 Å². The van der Waals surface area contributed by atoms with Crippen LogP contribution in [0.4, 0.5) is 14.5 Å². The lowest BCUT2D eigenvalue weighted by atomic mass is 10.0. The second kappa shape index (κ2) is 10.9. The van der Waals surface area contributed by atoms with Crippen molar-refractivity contribution in [1.82, 2.24) is 14.8 Å². The summed E-state index contributed by atoms with van der Waals surface area (Å²) in [6, 6.07) is 9.10. The number of hydrogen-bond donors (Lipinski definition) is 2. The molecule has 0 aliphatic heterocycles. The monoisotopic (exact) mass is 605 g/mol. The first-order chi connectivity index (χ1) is 19.0. The van der Waals surface area contributed by atoms with Gasteiger partial charge in [-0.3, -0.25) is 14.3 Å². The van der Waals surface area contributed by atoms with Gasteiger partial charge in [0, 0.05) is 24.2 Å². The summed E-state index contributed by atoms with van der Waals surface area (Å²) in [4.78, 5) is 29.7. The number of halogens is 4. The Kier molecular flexibility index (Phi) is 7.49. The number of furan rings is 1. The minimum absolute atomic E-state index is 0.0315. The lowest BCUT2D eigenvalue weighted by molar-refractivity contribution is 0.0992. The number of primary amides is 1. The van der Waals surface area contributed by atoms with Crippen molar-refractivity contribution in [2.45, 2.75) is 20.0 Å². The summed E-state index contributed by atoms with van der Waals surface area (Å²) in [5.41, 5.74) is 6.54. The first-order valence-corrected chi connectivity index (χ1v) is 13.1. The molecule has 5 rings (SSSR count). The number of nitrogens with zero attached hydrogens (tertiary/aromatic N) is 3. The smallest absolute Gasteiger partial charge is 0.291 e. The van der Waals surface area contributed by atoms with E-state index in [4.69, 9.17) is 38.1 Å². The number of rotatable bonds is 8. The summed E-state index contributed by atoms with van der Waals surface area (Å²) in [6.07, 6.45) is -1.22. The van der Waals surface area contributed by atoms with Crippen LogP contribution in [0, 0.1) is 6.92 Å². The second-order valence-electron chi connectivity index (χ2n) is 8.61. The Morgan fingerprint density at radius 2 is 2.00 bits per heavy atom. The Labute approximate surface area is 239 Å². The molecule has 0 saturated carbocycles. The zero-order valence-corrected chi connectivity index (χ0v) is 23.1. The fourth-order valence-electron chi connectivity index (χ4n) is 4.10. The van der Waals surface area contributed by atoms with Gasteiger partial charge in [-0.1, -0.05) is 29.3 Å². The fraction of sp³-hybridized carbons (Fsp3) is 0.154. The van der Waals surface area contributed by atoms with Gasteiger partial charge in [-0.05, 0) is 42.8 Å². The van der Waals surface area contributed by atoms with Crippen molar-refractivity contribution in [2.75, 3.05) is 5.32 Å². The van der Waals surface area contributed by atoms with E-state index in [-0.39, 0.29) is 38.2 Å². The third-order valence-electron chi connectivity index (χ3n) is 5.84. The van der Waals surface area contributed by atoms with E-state index in [1.807, 2.05) is 0 Å².